The lowest BCUT2D eigenvalue weighted by Gasteiger charge is -1.98. The highest BCUT2D eigenvalue weighted by Gasteiger charge is 2.39. The van der Waals surface area contributed by atoms with E-state index in [0.717, 1.165) is 19.3 Å². The van der Waals surface area contributed by atoms with E-state index in [0.29, 0.717) is 5.92 Å². The van der Waals surface area contributed by atoms with Crippen molar-refractivity contribution in [1.29, 1.82) is 0 Å². The Kier molecular flexibility index (Phi) is 2.88. The number of aliphatic hydroxyl groups excluding tert-OH is 1. The number of esters is 1. The molecule has 2 unspecified atom stereocenters. The van der Waals surface area contributed by atoms with E-state index < -0.39 is 0 Å². The minimum atomic E-state index is -0.193. The minimum absolute atomic E-state index is 0.152. The largest absolute Gasteiger partial charge is 0.462 e. The Balaban J connectivity index is 2.02. The lowest BCUT2D eigenvalue weighted by molar-refractivity contribution is -0.142. The highest BCUT2D eigenvalue weighted by atomic mass is 16.5. The van der Waals surface area contributed by atoms with Gasteiger partial charge in [-0.25, -0.2) is 0 Å². The number of ether oxygens (including phenoxy) is 1. The smallest absolute Gasteiger partial charge is 0.302 e. The molecule has 0 aromatic rings. The summed E-state index contributed by atoms with van der Waals surface area (Å²) in [7, 11) is 0. The van der Waals surface area contributed by atoms with Crippen LogP contribution < -0.4 is 0 Å². The topological polar surface area (TPSA) is 46.5 Å². The number of hydrogen-bond acceptors (Lipinski definition) is 3. The van der Waals surface area contributed by atoms with Gasteiger partial charge in [0.25, 0.3) is 0 Å². The van der Waals surface area contributed by atoms with Crippen LogP contribution in [0, 0.1) is 5.92 Å². The molecule has 1 rings (SSSR count). The molecule has 1 N–H and O–H groups in total. The molecule has 0 aliphatic heterocycles. The maximum absolute atomic E-state index is 10.4. The average molecular weight is 158 g/mol. The van der Waals surface area contributed by atoms with Crippen molar-refractivity contribution >= 4 is 5.97 Å². The Morgan fingerprint density at radius 3 is 3.00 bits per heavy atom. The third-order valence-electron chi connectivity index (χ3n) is 1.91. The average Bonchev–Trinajstić information content (AvgIpc) is 2.62. The van der Waals surface area contributed by atoms with Crippen molar-refractivity contribution in [3.63, 3.8) is 0 Å². The van der Waals surface area contributed by atoms with Crippen LogP contribution in [0.4, 0.5) is 0 Å². The van der Waals surface area contributed by atoms with Crippen LogP contribution in [0.5, 0.6) is 0 Å². The molecule has 1 saturated carbocycles. The molecular formula is C8H14O3. The van der Waals surface area contributed by atoms with Crippen molar-refractivity contribution in [3.05, 3.63) is 0 Å². The lowest BCUT2D eigenvalue weighted by atomic mass is 10.2. The highest BCUT2D eigenvalue weighted by molar-refractivity contribution is 5.66. The van der Waals surface area contributed by atoms with E-state index in [1.54, 1.807) is 0 Å². The quantitative estimate of drug-likeness (QED) is 0.613. The van der Waals surface area contributed by atoms with Gasteiger partial charge in [-0.1, -0.05) is 0 Å². The SMILES string of the molecule is CC(=O)OC1CC1CCCO. The van der Waals surface area contributed by atoms with E-state index in [2.05, 4.69) is 0 Å². The fourth-order valence-corrected chi connectivity index (χ4v) is 1.23. The van der Waals surface area contributed by atoms with Crippen molar-refractivity contribution in [1.82, 2.24) is 0 Å². The molecule has 0 heterocycles. The Bertz CT molecular complexity index is 144. The second-order valence-corrected chi connectivity index (χ2v) is 3.01. The summed E-state index contributed by atoms with van der Waals surface area (Å²) in [5, 5.41) is 8.50. The summed E-state index contributed by atoms with van der Waals surface area (Å²) in [4.78, 5) is 10.4. The van der Waals surface area contributed by atoms with Crippen molar-refractivity contribution in [3.8, 4) is 0 Å². The Morgan fingerprint density at radius 1 is 1.73 bits per heavy atom. The van der Waals surface area contributed by atoms with Gasteiger partial charge < -0.3 is 9.84 Å². The van der Waals surface area contributed by atoms with Gasteiger partial charge in [0.1, 0.15) is 6.10 Å². The summed E-state index contributed by atoms with van der Waals surface area (Å²) in [5.41, 5.74) is 0. The number of rotatable bonds is 4. The zero-order valence-electron chi connectivity index (χ0n) is 6.75. The molecule has 0 aromatic carbocycles. The van der Waals surface area contributed by atoms with E-state index in [-0.39, 0.29) is 18.7 Å². The van der Waals surface area contributed by atoms with E-state index in [1.165, 1.54) is 6.92 Å². The molecule has 0 radical (unpaired) electrons. The molecule has 1 aliphatic carbocycles. The van der Waals surface area contributed by atoms with Crippen LogP contribution in [0.2, 0.25) is 0 Å². The third kappa shape index (κ3) is 2.89. The Hall–Kier alpha value is -0.570. The number of carbonyl (C=O) groups excluding carboxylic acids is 1. The van der Waals surface area contributed by atoms with Crippen molar-refractivity contribution in [2.24, 2.45) is 5.92 Å². The van der Waals surface area contributed by atoms with Crippen LogP contribution >= 0.6 is 0 Å². The van der Waals surface area contributed by atoms with Gasteiger partial charge in [-0.2, -0.15) is 0 Å². The summed E-state index contributed by atoms with van der Waals surface area (Å²) in [6.07, 6.45) is 2.94. The second-order valence-electron chi connectivity index (χ2n) is 3.01. The fraction of sp³-hybridized carbons (Fsp3) is 0.875. The van der Waals surface area contributed by atoms with Crippen molar-refractivity contribution in [2.75, 3.05) is 6.61 Å². The maximum Gasteiger partial charge on any atom is 0.302 e. The Labute approximate surface area is 66.4 Å². The molecule has 0 spiro atoms. The molecule has 2 atom stereocenters. The van der Waals surface area contributed by atoms with Crippen LogP contribution in [-0.4, -0.2) is 23.8 Å². The summed E-state index contributed by atoms with van der Waals surface area (Å²) < 4.78 is 4.95. The minimum Gasteiger partial charge on any atom is -0.462 e. The summed E-state index contributed by atoms with van der Waals surface area (Å²) >= 11 is 0. The monoisotopic (exact) mass is 158 g/mol. The molecule has 1 aliphatic rings. The first kappa shape index (κ1) is 8.53. The van der Waals surface area contributed by atoms with Gasteiger partial charge in [0.2, 0.25) is 0 Å². The zero-order chi connectivity index (χ0) is 8.27. The summed E-state index contributed by atoms with van der Waals surface area (Å²) in [5.74, 6) is 0.326. The van der Waals surface area contributed by atoms with Gasteiger partial charge in [-0.15, -0.1) is 0 Å². The van der Waals surface area contributed by atoms with Crippen molar-refractivity contribution < 1.29 is 14.6 Å². The van der Waals surface area contributed by atoms with Gasteiger partial charge in [-0.05, 0) is 25.2 Å². The fourth-order valence-electron chi connectivity index (χ4n) is 1.23. The number of hydrogen-bond donors (Lipinski definition) is 1. The molecule has 0 amide bonds. The van der Waals surface area contributed by atoms with Gasteiger partial charge >= 0.3 is 5.97 Å². The molecule has 3 nitrogen and oxygen atoms in total. The number of aliphatic hydroxyl groups is 1. The van der Waals surface area contributed by atoms with Gasteiger partial charge in [0, 0.05) is 13.5 Å². The molecule has 0 bridgehead atoms. The molecule has 1 fully saturated rings. The first-order chi connectivity index (χ1) is 5.24. The van der Waals surface area contributed by atoms with E-state index in [4.69, 9.17) is 9.84 Å². The first-order valence-electron chi connectivity index (χ1n) is 4.02. The molecule has 11 heavy (non-hydrogen) atoms. The van der Waals surface area contributed by atoms with Crippen LogP contribution in [0.3, 0.4) is 0 Å². The normalized spacial score (nSPS) is 28.2. The Morgan fingerprint density at radius 2 is 2.45 bits per heavy atom. The summed E-state index contributed by atoms with van der Waals surface area (Å²) in [6.45, 7) is 1.67. The molecular weight excluding hydrogens is 144 g/mol. The van der Waals surface area contributed by atoms with Gasteiger partial charge in [-0.3, -0.25) is 4.79 Å². The maximum atomic E-state index is 10.4. The van der Waals surface area contributed by atoms with Crippen LogP contribution in [0.15, 0.2) is 0 Å². The van der Waals surface area contributed by atoms with E-state index in [1.807, 2.05) is 0 Å². The standard InChI is InChI=1S/C8H14O3/c1-6(10)11-8-5-7(8)3-2-4-9/h7-9H,2-5H2,1H3. The molecule has 64 valence electrons. The predicted molar refractivity (Wildman–Crippen MR) is 40.0 cm³/mol. The van der Waals surface area contributed by atoms with Gasteiger partial charge in [0.05, 0.1) is 0 Å². The van der Waals surface area contributed by atoms with Crippen molar-refractivity contribution in [2.45, 2.75) is 32.3 Å². The zero-order valence-corrected chi connectivity index (χ0v) is 6.75. The molecule has 0 saturated heterocycles. The van der Waals surface area contributed by atoms with Crippen LogP contribution in [0.25, 0.3) is 0 Å². The van der Waals surface area contributed by atoms with E-state index >= 15 is 0 Å². The van der Waals surface area contributed by atoms with E-state index in [9.17, 15) is 4.79 Å². The summed E-state index contributed by atoms with van der Waals surface area (Å²) in [6, 6.07) is 0. The lowest BCUT2D eigenvalue weighted by Crippen LogP contribution is -2.02. The first-order valence-corrected chi connectivity index (χ1v) is 4.02. The second kappa shape index (κ2) is 3.72. The van der Waals surface area contributed by atoms with Gasteiger partial charge in [0.15, 0.2) is 0 Å². The number of carbonyl (C=O) groups is 1. The van der Waals surface area contributed by atoms with Crippen LogP contribution in [0.1, 0.15) is 26.2 Å². The predicted octanol–water partition coefficient (Wildman–Crippen LogP) is 0.710. The molecule has 0 aromatic heterocycles. The molecule has 3 heteroatoms. The third-order valence-corrected chi connectivity index (χ3v) is 1.91. The highest BCUT2D eigenvalue weighted by Crippen LogP contribution is 2.37. The van der Waals surface area contributed by atoms with Crippen LogP contribution in [-0.2, 0) is 9.53 Å².